The van der Waals surface area contributed by atoms with Gasteiger partial charge >= 0.3 is 0 Å². The number of nitro benzene ring substituents is 1. The van der Waals surface area contributed by atoms with Crippen LogP contribution in [0, 0.1) is 10.1 Å². The summed E-state index contributed by atoms with van der Waals surface area (Å²) in [7, 11) is -3.90. The standard InChI is InChI=1S/C12H17N3O4S/c1-9-10(5-4-8-13-9)14-20(18,19)12-7-3-2-6-11(12)15(16)17/h2-3,6-7,9-10,13-14H,4-5,8H2,1H3. The molecule has 0 spiro atoms. The number of sulfonamides is 1. The van der Waals surface area contributed by atoms with Crippen molar-refractivity contribution in [3.05, 3.63) is 34.4 Å². The van der Waals surface area contributed by atoms with Crippen molar-refractivity contribution < 1.29 is 13.3 Å². The number of hydrogen-bond acceptors (Lipinski definition) is 5. The minimum Gasteiger partial charge on any atom is -0.313 e. The van der Waals surface area contributed by atoms with Gasteiger partial charge < -0.3 is 5.32 Å². The number of rotatable bonds is 4. The highest BCUT2D eigenvalue weighted by atomic mass is 32.2. The third-order valence-corrected chi connectivity index (χ3v) is 4.96. The van der Waals surface area contributed by atoms with Gasteiger partial charge in [0.15, 0.2) is 4.90 Å². The van der Waals surface area contributed by atoms with Crippen LogP contribution in [0.1, 0.15) is 19.8 Å². The molecule has 0 bridgehead atoms. The Balaban J connectivity index is 2.29. The Kier molecular flexibility index (Phi) is 4.36. The summed E-state index contributed by atoms with van der Waals surface area (Å²) in [6, 6.07) is 5.11. The van der Waals surface area contributed by atoms with E-state index < -0.39 is 20.6 Å². The fraction of sp³-hybridized carbons (Fsp3) is 0.500. The molecular formula is C12H17N3O4S. The summed E-state index contributed by atoms with van der Waals surface area (Å²) in [5.41, 5.74) is -0.406. The molecule has 20 heavy (non-hydrogen) atoms. The Morgan fingerprint density at radius 2 is 2.10 bits per heavy atom. The highest BCUT2D eigenvalue weighted by Crippen LogP contribution is 2.23. The highest BCUT2D eigenvalue weighted by molar-refractivity contribution is 7.89. The van der Waals surface area contributed by atoms with Crippen LogP contribution in [0.25, 0.3) is 0 Å². The van der Waals surface area contributed by atoms with Gasteiger partial charge in [-0.15, -0.1) is 0 Å². The molecular weight excluding hydrogens is 282 g/mol. The molecule has 0 radical (unpaired) electrons. The largest absolute Gasteiger partial charge is 0.313 e. The summed E-state index contributed by atoms with van der Waals surface area (Å²) in [6.07, 6.45) is 1.59. The van der Waals surface area contributed by atoms with Gasteiger partial charge in [-0.1, -0.05) is 12.1 Å². The van der Waals surface area contributed by atoms with Gasteiger partial charge in [-0.25, -0.2) is 13.1 Å². The number of nitro groups is 1. The number of piperidine rings is 1. The minimum atomic E-state index is -3.90. The van der Waals surface area contributed by atoms with E-state index in [2.05, 4.69) is 10.0 Å². The van der Waals surface area contributed by atoms with Crippen LogP contribution >= 0.6 is 0 Å². The van der Waals surface area contributed by atoms with Gasteiger partial charge in [0.2, 0.25) is 10.0 Å². The maximum atomic E-state index is 12.3. The van der Waals surface area contributed by atoms with Crippen molar-refractivity contribution in [1.82, 2.24) is 10.0 Å². The number of nitrogens with one attached hydrogen (secondary N) is 2. The van der Waals surface area contributed by atoms with Gasteiger partial charge in [-0.3, -0.25) is 10.1 Å². The van der Waals surface area contributed by atoms with E-state index in [9.17, 15) is 18.5 Å². The molecule has 1 aromatic rings. The van der Waals surface area contributed by atoms with E-state index in [0.717, 1.165) is 13.0 Å². The average Bonchev–Trinajstić information content (AvgIpc) is 2.41. The molecule has 2 unspecified atom stereocenters. The molecule has 7 nitrogen and oxygen atoms in total. The lowest BCUT2D eigenvalue weighted by molar-refractivity contribution is -0.387. The molecule has 1 aliphatic heterocycles. The SMILES string of the molecule is CC1NCCCC1NS(=O)(=O)c1ccccc1[N+](=O)[O-]. The lowest BCUT2D eigenvalue weighted by Gasteiger charge is -2.30. The number of benzene rings is 1. The zero-order valence-electron chi connectivity index (χ0n) is 11.1. The fourth-order valence-electron chi connectivity index (χ4n) is 2.30. The molecule has 1 aromatic carbocycles. The maximum absolute atomic E-state index is 12.3. The fourth-order valence-corrected chi connectivity index (χ4v) is 3.83. The Hall–Kier alpha value is -1.51. The zero-order valence-corrected chi connectivity index (χ0v) is 11.9. The molecule has 2 rings (SSSR count). The van der Waals surface area contributed by atoms with Crippen LogP contribution in [-0.4, -0.2) is 32.0 Å². The van der Waals surface area contributed by atoms with Crippen molar-refractivity contribution in [1.29, 1.82) is 0 Å². The molecule has 2 atom stereocenters. The van der Waals surface area contributed by atoms with Crippen molar-refractivity contribution in [3.8, 4) is 0 Å². The van der Waals surface area contributed by atoms with E-state index in [1.54, 1.807) is 0 Å². The van der Waals surface area contributed by atoms with Gasteiger partial charge in [-0.2, -0.15) is 0 Å². The van der Waals surface area contributed by atoms with Crippen LogP contribution in [0.4, 0.5) is 5.69 Å². The van der Waals surface area contributed by atoms with Crippen molar-refractivity contribution >= 4 is 15.7 Å². The summed E-state index contributed by atoms with van der Waals surface area (Å²) in [5.74, 6) is 0. The molecule has 1 fully saturated rings. The molecule has 110 valence electrons. The van der Waals surface area contributed by atoms with E-state index in [4.69, 9.17) is 0 Å². The first-order chi connectivity index (χ1) is 9.42. The van der Waals surface area contributed by atoms with Crippen molar-refractivity contribution in [2.75, 3.05) is 6.54 Å². The highest BCUT2D eigenvalue weighted by Gasteiger charge is 2.30. The molecule has 1 heterocycles. The Morgan fingerprint density at radius 1 is 1.40 bits per heavy atom. The van der Waals surface area contributed by atoms with Gasteiger partial charge in [-0.05, 0) is 32.4 Å². The molecule has 2 N–H and O–H groups in total. The summed E-state index contributed by atoms with van der Waals surface area (Å²) >= 11 is 0. The first kappa shape index (κ1) is 14.9. The van der Waals surface area contributed by atoms with E-state index >= 15 is 0 Å². The van der Waals surface area contributed by atoms with E-state index in [0.29, 0.717) is 6.42 Å². The maximum Gasteiger partial charge on any atom is 0.289 e. The van der Waals surface area contributed by atoms with E-state index in [1.807, 2.05) is 6.92 Å². The molecule has 0 saturated carbocycles. The Bertz CT molecular complexity index is 602. The van der Waals surface area contributed by atoms with Gasteiger partial charge in [0.1, 0.15) is 0 Å². The van der Waals surface area contributed by atoms with Crippen LogP contribution in [-0.2, 0) is 10.0 Å². The minimum absolute atomic E-state index is 0.00120. The molecule has 1 aliphatic rings. The predicted molar refractivity (Wildman–Crippen MR) is 73.9 cm³/mol. The van der Waals surface area contributed by atoms with Gasteiger partial charge in [0, 0.05) is 18.2 Å². The monoisotopic (exact) mass is 299 g/mol. The second kappa shape index (κ2) is 5.86. The Morgan fingerprint density at radius 3 is 2.75 bits per heavy atom. The van der Waals surface area contributed by atoms with Crippen LogP contribution in [0.3, 0.4) is 0 Å². The molecule has 0 amide bonds. The van der Waals surface area contributed by atoms with Gasteiger partial charge in [0.25, 0.3) is 5.69 Å². The molecule has 0 aliphatic carbocycles. The summed E-state index contributed by atoms with van der Waals surface area (Å²) in [4.78, 5) is 9.95. The lowest BCUT2D eigenvalue weighted by atomic mass is 10.0. The molecule has 0 aromatic heterocycles. The number of hydrogen-bond donors (Lipinski definition) is 2. The third kappa shape index (κ3) is 3.14. The van der Waals surface area contributed by atoms with Crippen molar-refractivity contribution in [2.24, 2.45) is 0 Å². The lowest BCUT2D eigenvalue weighted by Crippen LogP contribution is -2.51. The first-order valence-corrected chi connectivity index (χ1v) is 7.89. The Labute approximate surface area is 117 Å². The number of nitrogens with zero attached hydrogens (tertiary/aromatic N) is 1. The first-order valence-electron chi connectivity index (χ1n) is 6.41. The summed E-state index contributed by atoms with van der Waals surface area (Å²) in [5, 5.41) is 14.1. The normalized spacial score (nSPS) is 23.4. The van der Waals surface area contributed by atoms with Crippen LogP contribution in [0.15, 0.2) is 29.2 Å². The second-order valence-corrected chi connectivity index (χ2v) is 6.52. The van der Waals surface area contributed by atoms with Crippen LogP contribution < -0.4 is 10.0 Å². The quantitative estimate of drug-likeness (QED) is 0.638. The van der Waals surface area contributed by atoms with E-state index in [1.165, 1.54) is 24.3 Å². The van der Waals surface area contributed by atoms with Crippen molar-refractivity contribution in [2.45, 2.75) is 36.7 Å². The summed E-state index contributed by atoms with van der Waals surface area (Å²) < 4.78 is 27.2. The topological polar surface area (TPSA) is 101 Å². The third-order valence-electron chi connectivity index (χ3n) is 3.42. The molecule has 1 saturated heterocycles. The average molecular weight is 299 g/mol. The second-order valence-electron chi connectivity index (χ2n) is 4.84. The predicted octanol–water partition coefficient (Wildman–Crippen LogP) is 1.01. The van der Waals surface area contributed by atoms with Crippen LogP contribution in [0.5, 0.6) is 0 Å². The number of para-hydroxylation sites is 1. The smallest absolute Gasteiger partial charge is 0.289 e. The molecule has 8 heteroatoms. The van der Waals surface area contributed by atoms with Gasteiger partial charge in [0.05, 0.1) is 4.92 Å². The van der Waals surface area contributed by atoms with Crippen molar-refractivity contribution in [3.63, 3.8) is 0 Å². The zero-order chi connectivity index (χ0) is 14.8. The van der Waals surface area contributed by atoms with E-state index in [-0.39, 0.29) is 17.0 Å². The summed E-state index contributed by atoms with van der Waals surface area (Å²) in [6.45, 7) is 2.75. The van der Waals surface area contributed by atoms with Crippen LogP contribution in [0.2, 0.25) is 0 Å².